The molecule has 1 aliphatic carbocycles. The van der Waals surface area contributed by atoms with Gasteiger partial charge in [0.25, 0.3) is 0 Å². The van der Waals surface area contributed by atoms with Crippen LogP contribution in [0.25, 0.3) is 0 Å². The van der Waals surface area contributed by atoms with Crippen LogP contribution in [0.5, 0.6) is 0 Å². The molecule has 27 heteroatoms. The Bertz CT molecular complexity index is 1520. The van der Waals surface area contributed by atoms with Gasteiger partial charge in [-0.3, -0.25) is 5.32 Å². The van der Waals surface area contributed by atoms with Crippen LogP contribution in [0.2, 0.25) is 0 Å². The van der Waals surface area contributed by atoms with E-state index in [1.165, 1.54) is 26.8 Å². The molecule has 18 N–H and O–H groups in total. The van der Waals surface area contributed by atoms with E-state index in [-0.39, 0.29) is 5.57 Å². The van der Waals surface area contributed by atoms with Crippen LogP contribution in [0.3, 0.4) is 0 Å². The molecule has 5 heterocycles. The Morgan fingerprint density at radius 3 is 1.47 bits per heavy atom. The van der Waals surface area contributed by atoms with Crippen LogP contribution in [0, 0.1) is 0 Å². The summed E-state index contributed by atoms with van der Waals surface area (Å²) >= 11 is 0. The van der Waals surface area contributed by atoms with Crippen molar-refractivity contribution in [1.29, 1.82) is 0 Å². The van der Waals surface area contributed by atoms with Crippen molar-refractivity contribution in [1.82, 2.24) is 5.32 Å². The Balaban J connectivity index is 1.07. The lowest BCUT2D eigenvalue weighted by Crippen LogP contribution is -2.68. The van der Waals surface area contributed by atoms with E-state index in [0.29, 0.717) is 0 Å². The molecule has 0 spiro atoms. The molecular formula is C37H63NO26. The summed E-state index contributed by atoms with van der Waals surface area (Å²) in [5, 5.41) is 183. The van der Waals surface area contributed by atoms with Crippen LogP contribution >= 0.6 is 0 Å². The summed E-state index contributed by atoms with van der Waals surface area (Å²) in [7, 11) is 0. The molecule has 0 aromatic heterocycles. The average molecular weight is 938 g/mol. The Morgan fingerprint density at radius 2 is 0.891 bits per heavy atom. The first-order chi connectivity index (χ1) is 30.1. The molecule has 5 fully saturated rings. The molecule has 5 saturated heterocycles. The molecule has 0 unspecified atom stereocenters. The zero-order valence-corrected chi connectivity index (χ0v) is 34.7. The number of aliphatic hydroxyl groups is 17. The minimum atomic E-state index is -1.99. The van der Waals surface area contributed by atoms with Gasteiger partial charge in [-0.15, -0.1) is 0 Å². The molecule has 6 aliphatic rings. The standard InChI is InChI=1S/C37H63NO26/c1-8-15(42)17(44)25(52)35(57-8)63-31-13(6-40)59-33(23(50)19(31)46)38-12-4-11(5-39)30(18(45)16(12)43)61-28-10(3)58-36(26(53)21(28)48)64-32-14(7-41)60-37(27(54)22(32)49)62-29-9(2)56-34(55)24(51)20(29)47/h4,8-10,12-55H,5-7H2,1-3H3/t8-,9-,10-,12+,13-,14-,15-,16+,17+,18-,19-,20-,21-,22-,23-,24-,25-,26-,27-,28-,29-,30-,31-,32-,33+,34-,35-,36-,37-/m1/s1. The van der Waals surface area contributed by atoms with E-state index in [2.05, 4.69) is 5.32 Å². The largest absolute Gasteiger partial charge is 0.394 e. The van der Waals surface area contributed by atoms with Crippen LogP contribution in [0.1, 0.15) is 20.8 Å². The van der Waals surface area contributed by atoms with Crippen molar-refractivity contribution in [3.8, 4) is 0 Å². The second-order valence-corrected chi connectivity index (χ2v) is 16.9. The molecule has 0 saturated carbocycles. The Hall–Kier alpha value is -1.34. The summed E-state index contributed by atoms with van der Waals surface area (Å²) < 4.78 is 50.5. The summed E-state index contributed by atoms with van der Waals surface area (Å²) in [6.45, 7) is 1.65. The summed E-state index contributed by atoms with van der Waals surface area (Å²) in [4.78, 5) is 0. The molecule has 0 aromatic carbocycles. The summed E-state index contributed by atoms with van der Waals surface area (Å²) in [6, 6.07) is -1.34. The van der Waals surface area contributed by atoms with Crippen LogP contribution in [0.4, 0.5) is 0 Å². The van der Waals surface area contributed by atoms with E-state index in [1.807, 2.05) is 0 Å². The molecular weight excluding hydrogens is 874 g/mol. The van der Waals surface area contributed by atoms with E-state index >= 15 is 0 Å². The molecule has 0 bridgehead atoms. The molecule has 29 atom stereocenters. The van der Waals surface area contributed by atoms with E-state index in [9.17, 15) is 86.8 Å². The summed E-state index contributed by atoms with van der Waals surface area (Å²) in [6.07, 6.45) is -44.8. The number of aliphatic hydroxyl groups excluding tert-OH is 17. The second-order valence-electron chi connectivity index (χ2n) is 16.9. The van der Waals surface area contributed by atoms with Gasteiger partial charge in [-0.25, -0.2) is 0 Å². The fraction of sp³-hybridized carbons (Fsp3) is 0.946. The zero-order chi connectivity index (χ0) is 47.2. The van der Waals surface area contributed by atoms with Gasteiger partial charge < -0.3 is 129 Å². The Labute approximate surface area is 364 Å². The highest BCUT2D eigenvalue weighted by Crippen LogP contribution is 2.35. The Morgan fingerprint density at radius 1 is 0.438 bits per heavy atom. The average Bonchev–Trinajstić information content (AvgIpc) is 3.26. The van der Waals surface area contributed by atoms with E-state index < -0.39 is 198 Å². The number of hydrogen-bond acceptors (Lipinski definition) is 27. The van der Waals surface area contributed by atoms with Crippen molar-refractivity contribution < 1.29 is 129 Å². The van der Waals surface area contributed by atoms with Crippen molar-refractivity contribution in [3.05, 3.63) is 11.6 Å². The maximum absolute atomic E-state index is 11.3. The topological polar surface area (TPSA) is 439 Å². The van der Waals surface area contributed by atoms with Crippen molar-refractivity contribution >= 4 is 0 Å². The Kier molecular flexibility index (Phi) is 17.5. The minimum Gasteiger partial charge on any atom is -0.394 e. The molecule has 0 radical (unpaired) electrons. The number of nitrogens with one attached hydrogen (secondary N) is 1. The fourth-order valence-electron chi connectivity index (χ4n) is 8.68. The van der Waals surface area contributed by atoms with E-state index in [0.717, 1.165) is 0 Å². The van der Waals surface area contributed by atoms with Gasteiger partial charge in [0.1, 0.15) is 128 Å². The lowest BCUT2D eigenvalue weighted by atomic mass is 9.86. The highest BCUT2D eigenvalue weighted by molar-refractivity contribution is 5.23. The van der Waals surface area contributed by atoms with Gasteiger partial charge in [0, 0.05) is 0 Å². The van der Waals surface area contributed by atoms with Gasteiger partial charge >= 0.3 is 0 Å². The lowest BCUT2D eigenvalue weighted by Gasteiger charge is -2.49. The van der Waals surface area contributed by atoms with Crippen LogP contribution in [-0.4, -0.2) is 284 Å². The van der Waals surface area contributed by atoms with Gasteiger partial charge in [-0.2, -0.15) is 0 Å². The third kappa shape index (κ3) is 10.3. The van der Waals surface area contributed by atoms with Gasteiger partial charge in [0.2, 0.25) is 0 Å². The van der Waals surface area contributed by atoms with Crippen molar-refractivity contribution in [2.45, 2.75) is 199 Å². The van der Waals surface area contributed by atoms with Crippen molar-refractivity contribution in [3.63, 3.8) is 0 Å². The van der Waals surface area contributed by atoms with Crippen molar-refractivity contribution in [2.24, 2.45) is 0 Å². The molecule has 372 valence electrons. The third-order valence-corrected chi connectivity index (χ3v) is 12.6. The van der Waals surface area contributed by atoms with E-state index in [4.69, 9.17) is 42.6 Å². The number of ether oxygens (including phenoxy) is 9. The zero-order valence-electron chi connectivity index (χ0n) is 34.7. The highest BCUT2D eigenvalue weighted by atomic mass is 16.8. The SMILES string of the molecule is C[C@H]1O[C@H](O[C@H]2[C@H](O)[C@@H](O)[C@@H](N[C@H]3C=C(CO)[C@@H](O[C@H]4[C@H](O)[C@@H](O)[C@@H](O[C@H]5[C@H](O)[C@@H](O)[C@@H](O[C@H]6[C@H](O)[C@@H](O)[C@H](O)O[C@@H]6C)O[C@@H]5CO)O[C@@H]4C)[C@H](O)[C@H]3O)O[C@@H]2CO)[C@H](O)[C@@H](O)[C@@H]1O. The predicted octanol–water partition coefficient (Wildman–Crippen LogP) is -10.9. The first-order valence-corrected chi connectivity index (χ1v) is 20.9. The van der Waals surface area contributed by atoms with Gasteiger partial charge in [-0.1, -0.05) is 6.08 Å². The predicted molar refractivity (Wildman–Crippen MR) is 200 cm³/mol. The van der Waals surface area contributed by atoms with Crippen molar-refractivity contribution in [2.75, 3.05) is 19.8 Å². The van der Waals surface area contributed by atoms with Crippen LogP contribution in [0.15, 0.2) is 11.6 Å². The summed E-state index contributed by atoms with van der Waals surface area (Å²) in [5.74, 6) is 0. The lowest BCUT2D eigenvalue weighted by molar-refractivity contribution is -0.376. The van der Waals surface area contributed by atoms with Gasteiger partial charge in [0.15, 0.2) is 25.2 Å². The molecule has 6 rings (SSSR count). The maximum Gasteiger partial charge on any atom is 0.187 e. The van der Waals surface area contributed by atoms with Gasteiger partial charge in [0.05, 0.1) is 44.2 Å². The second kappa shape index (κ2) is 21.5. The monoisotopic (exact) mass is 937 g/mol. The number of hydrogen-bond donors (Lipinski definition) is 18. The normalized spacial score (nSPS) is 54.1. The highest BCUT2D eigenvalue weighted by Gasteiger charge is 2.55. The van der Waals surface area contributed by atoms with E-state index in [1.54, 1.807) is 0 Å². The fourth-order valence-corrected chi connectivity index (χ4v) is 8.68. The molecule has 0 aromatic rings. The quantitative estimate of drug-likeness (QED) is 0.0762. The maximum atomic E-state index is 11.3. The third-order valence-electron chi connectivity index (χ3n) is 12.6. The summed E-state index contributed by atoms with van der Waals surface area (Å²) in [5.41, 5.74) is -0.0851. The number of rotatable bonds is 13. The van der Waals surface area contributed by atoms with Gasteiger partial charge in [-0.05, 0) is 26.3 Å². The molecule has 5 aliphatic heterocycles. The van der Waals surface area contributed by atoms with Crippen LogP contribution in [-0.2, 0) is 42.6 Å². The molecule has 64 heavy (non-hydrogen) atoms. The molecule has 27 nitrogen and oxygen atoms in total. The molecule has 0 amide bonds. The first kappa shape index (κ1) is 52.0. The smallest absolute Gasteiger partial charge is 0.187 e. The first-order valence-electron chi connectivity index (χ1n) is 20.9. The minimum absolute atomic E-state index is 0.0851. The van der Waals surface area contributed by atoms with Crippen LogP contribution < -0.4 is 5.32 Å².